The SMILES string of the molecule is COc1ccc(CN2C(=O)CS/C2=N/N=C/c2cc(Br)ccc2OC)cc1. The molecule has 140 valence electrons. The van der Waals surface area contributed by atoms with Crippen molar-refractivity contribution >= 4 is 45.0 Å². The molecule has 6 nitrogen and oxygen atoms in total. The summed E-state index contributed by atoms with van der Waals surface area (Å²) >= 11 is 4.81. The zero-order valence-corrected chi connectivity index (χ0v) is 17.3. The van der Waals surface area contributed by atoms with Crippen LogP contribution in [0.25, 0.3) is 0 Å². The lowest BCUT2D eigenvalue weighted by molar-refractivity contribution is -0.124. The van der Waals surface area contributed by atoms with Crippen LogP contribution in [0.15, 0.2) is 57.1 Å². The molecule has 1 fully saturated rings. The van der Waals surface area contributed by atoms with E-state index in [1.165, 1.54) is 11.8 Å². The van der Waals surface area contributed by atoms with E-state index in [9.17, 15) is 4.79 Å². The minimum absolute atomic E-state index is 0.0183. The Morgan fingerprint density at radius 3 is 2.67 bits per heavy atom. The molecule has 0 radical (unpaired) electrons. The Bertz CT molecular complexity index is 884. The Balaban J connectivity index is 1.76. The quantitative estimate of drug-likeness (QED) is 0.496. The number of nitrogens with zero attached hydrogens (tertiary/aromatic N) is 3. The molecule has 1 aliphatic heterocycles. The van der Waals surface area contributed by atoms with Crippen molar-refractivity contribution in [2.24, 2.45) is 10.2 Å². The lowest BCUT2D eigenvalue weighted by Gasteiger charge is -2.15. The molecular weight excluding hydrogens is 430 g/mol. The lowest BCUT2D eigenvalue weighted by Crippen LogP contribution is -2.28. The van der Waals surface area contributed by atoms with Gasteiger partial charge in [0.25, 0.3) is 0 Å². The van der Waals surface area contributed by atoms with Gasteiger partial charge < -0.3 is 9.47 Å². The first kappa shape index (κ1) is 19.4. The predicted octanol–water partition coefficient (Wildman–Crippen LogP) is 3.93. The van der Waals surface area contributed by atoms with E-state index in [4.69, 9.17) is 9.47 Å². The Morgan fingerprint density at radius 1 is 1.19 bits per heavy atom. The Hall–Kier alpha value is -2.32. The maximum Gasteiger partial charge on any atom is 0.239 e. The van der Waals surface area contributed by atoms with Crippen LogP contribution in [0.1, 0.15) is 11.1 Å². The molecular formula is C19H18BrN3O3S. The van der Waals surface area contributed by atoms with Gasteiger partial charge in [0, 0.05) is 10.0 Å². The van der Waals surface area contributed by atoms with Crippen LogP contribution in [-0.2, 0) is 11.3 Å². The Kier molecular flexibility index (Phi) is 6.52. The second-order valence-electron chi connectivity index (χ2n) is 5.63. The van der Waals surface area contributed by atoms with Gasteiger partial charge in [0.2, 0.25) is 5.91 Å². The van der Waals surface area contributed by atoms with Gasteiger partial charge in [-0.3, -0.25) is 9.69 Å². The van der Waals surface area contributed by atoms with Gasteiger partial charge in [-0.15, -0.1) is 5.10 Å². The molecule has 8 heteroatoms. The van der Waals surface area contributed by atoms with E-state index in [1.807, 2.05) is 42.5 Å². The van der Waals surface area contributed by atoms with Crippen molar-refractivity contribution in [3.05, 3.63) is 58.1 Å². The van der Waals surface area contributed by atoms with Crippen LogP contribution < -0.4 is 9.47 Å². The van der Waals surface area contributed by atoms with Gasteiger partial charge in [-0.2, -0.15) is 5.10 Å². The molecule has 2 aromatic rings. The van der Waals surface area contributed by atoms with Crippen molar-refractivity contribution in [3.8, 4) is 11.5 Å². The number of hydrogen-bond donors (Lipinski definition) is 0. The van der Waals surface area contributed by atoms with Crippen LogP contribution in [0.2, 0.25) is 0 Å². The molecule has 0 spiro atoms. The monoisotopic (exact) mass is 447 g/mol. The number of amidine groups is 1. The largest absolute Gasteiger partial charge is 0.497 e. The highest BCUT2D eigenvalue weighted by Crippen LogP contribution is 2.24. The summed E-state index contributed by atoms with van der Waals surface area (Å²) in [7, 11) is 3.23. The highest BCUT2D eigenvalue weighted by Gasteiger charge is 2.28. The molecule has 1 aliphatic rings. The van der Waals surface area contributed by atoms with Gasteiger partial charge >= 0.3 is 0 Å². The number of methoxy groups -OCH3 is 2. The van der Waals surface area contributed by atoms with Gasteiger partial charge in [0.1, 0.15) is 11.5 Å². The van der Waals surface area contributed by atoms with Gasteiger partial charge in [-0.1, -0.05) is 39.8 Å². The van der Waals surface area contributed by atoms with E-state index < -0.39 is 0 Å². The van der Waals surface area contributed by atoms with Crippen molar-refractivity contribution in [2.75, 3.05) is 20.0 Å². The average molecular weight is 448 g/mol. The van der Waals surface area contributed by atoms with E-state index in [-0.39, 0.29) is 5.91 Å². The number of hydrogen-bond acceptors (Lipinski definition) is 6. The smallest absolute Gasteiger partial charge is 0.239 e. The van der Waals surface area contributed by atoms with E-state index in [1.54, 1.807) is 25.3 Å². The second-order valence-corrected chi connectivity index (χ2v) is 7.49. The fourth-order valence-electron chi connectivity index (χ4n) is 2.49. The van der Waals surface area contributed by atoms with Crippen LogP contribution >= 0.6 is 27.7 Å². The molecule has 0 N–H and O–H groups in total. The number of thioether (sulfide) groups is 1. The number of carbonyl (C=O) groups excluding carboxylic acids is 1. The molecule has 0 atom stereocenters. The van der Waals surface area contributed by atoms with E-state index in [2.05, 4.69) is 26.1 Å². The molecule has 1 heterocycles. The van der Waals surface area contributed by atoms with Crippen LogP contribution in [-0.4, -0.2) is 42.2 Å². The standard InChI is InChI=1S/C19H18BrN3O3S/c1-25-16-6-3-13(4-7-16)11-23-18(24)12-27-19(23)22-21-10-14-9-15(20)5-8-17(14)26-2/h3-10H,11-12H2,1-2H3/b21-10+,22-19+. The Morgan fingerprint density at radius 2 is 1.96 bits per heavy atom. The molecule has 1 saturated heterocycles. The average Bonchev–Trinajstić information content (AvgIpc) is 3.02. The number of ether oxygens (including phenoxy) is 2. The van der Waals surface area contributed by atoms with Gasteiger partial charge in [-0.05, 0) is 35.9 Å². The molecule has 2 aromatic carbocycles. The molecule has 0 saturated carbocycles. The normalized spacial score (nSPS) is 15.7. The summed E-state index contributed by atoms with van der Waals surface area (Å²) in [6, 6.07) is 13.2. The maximum absolute atomic E-state index is 12.2. The van der Waals surface area contributed by atoms with Crippen molar-refractivity contribution < 1.29 is 14.3 Å². The van der Waals surface area contributed by atoms with Crippen molar-refractivity contribution in [1.82, 2.24) is 4.90 Å². The summed E-state index contributed by atoms with van der Waals surface area (Å²) in [6.07, 6.45) is 1.62. The van der Waals surface area contributed by atoms with E-state index in [0.717, 1.165) is 21.3 Å². The van der Waals surface area contributed by atoms with Crippen LogP contribution in [0.3, 0.4) is 0 Å². The zero-order valence-electron chi connectivity index (χ0n) is 14.9. The summed E-state index contributed by atoms with van der Waals surface area (Å²) in [6.45, 7) is 0.449. The third kappa shape index (κ3) is 4.90. The van der Waals surface area contributed by atoms with Crippen molar-refractivity contribution in [1.29, 1.82) is 0 Å². The minimum atomic E-state index is 0.0183. The summed E-state index contributed by atoms with van der Waals surface area (Å²) < 4.78 is 11.4. The highest BCUT2D eigenvalue weighted by atomic mass is 79.9. The number of rotatable bonds is 6. The number of amides is 1. The molecule has 27 heavy (non-hydrogen) atoms. The van der Waals surface area contributed by atoms with E-state index in [0.29, 0.717) is 23.2 Å². The van der Waals surface area contributed by atoms with Crippen LogP contribution in [0.4, 0.5) is 0 Å². The third-order valence-electron chi connectivity index (χ3n) is 3.89. The fourth-order valence-corrected chi connectivity index (χ4v) is 3.70. The van der Waals surface area contributed by atoms with Gasteiger partial charge in [0.15, 0.2) is 5.17 Å². The summed E-state index contributed by atoms with van der Waals surface area (Å²) in [4.78, 5) is 13.9. The van der Waals surface area contributed by atoms with Crippen LogP contribution in [0, 0.1) is 0 Å². The Labute approximate surface area is 170 Å². The van der Waals surface area contributed by atoms with E-state index >= 15 is 0 Å². The third-order valence-corrected chi connectivity index (χ3v) is 5.33. The highest BCUT2D eigenvalue weighted by molar-refractivity contribution is 9.10. The summed E-state index contributed by atoms with van der Waals surface area (Å²) in [5, 5.41) is 8.98. The lowest BCUT2D eigenvalue weighted by atomic mass is 10.2. The van der Waals surface area contributed by atoms with Crippen LogP contribution in [0.5, 0.6) is 11.5 Å². The first-order chi connectivity index (χ1) is 13.1. The first-order valence-electron chi connectivity index (χ1n) is 8.11. The summed E-state index contributed by atoms with van der Waals surface area (Å²) in [5.41, 5.74) is 1.80. The second kappa shape index (κ2) is 9.05. The number of carbonyl (C=O) groups is 1. The zero-order chi connectivity index (χ0) is 19.2. The van der Waals surface area contributed by atoms with Gasteiger partial charge in [0.05, 0.1) is 32.7 Å². The molecule has 0 aliphatic carbocycles. The topological polar surface area (TPSA) is 63.5 Å². The first-order valence-corrected chi connectivity index (χ1v) is 9.89. The minimum Gasteiger partial charge on any atom is -0.497 e. The molecule has 0 aromatic heterocycles. The number of halogens is 1. The van der Waals surface area contributed by atoms with Crippen molar-refractivity contribution in [2.45, 2.75) is 6.54 Å². The predicted molar refractivity (Wildman–Crippen MR) is 112 cm³/mol. The molecule has 1 amide bonds. The number of benzene rings is 2. The molecule has 0 bridgehead atoms. The van der Waals surface area contributed by atoms with Crippen molar-refractivity contribution in [3.63, 3.8) is 0 Å². The maximum atomic E-state index is 12.2. The molecule has 0 unspecified atom stereocenters. The van der Waals surface area contributed by atoms with Gasteiger partial charge in [-0.25, -0.2) is 0 Å². The summed E-state index contributed by atoms with van der Waals surface area (Å²) in [5.74, 6) is 1.87. The molecule has 3 rings (SSSR count). The fraction of sp³-hybridized carbons (Fsp3) is 0.211.